The maximum atomic E-state index is 12.8. The first-order valence-electron chi connectivity index (χ1n) is 8.39. The van der Waals surface area contributed by atoms with E-state index in [4.69, 9.17) is 4.74 Å². The lowest BCUT2D eigenvalue weighted by Gasteiger charge is -2.18. The molecule has 1 saturated carbocycles. The van der Waals surface area contributed by atoms with Crippen molar-refractivity contribution < 1.29 is 9.53 Å². The smallest absolute Gasteiger partial charge is 0.226 e. The van der Waals surface area contributed by atoms with Crippen LogP contribution in [0.2, 0.25) is 0 Å². The summed E-state index contributed by atoms with van der Waals surface area (Å²) in [5.41, 5.74) is 2.48. The Kier molecular flexibility index (Phi) is 5.18. The SMILES string of the molecule is CCOc1ccc(CN(C)C(=O)C2C(C=C(C)C)C2(C)C)cc1. The second-order valence-electron chi connectivity index (χ2n) is 7.34. The standard InChI is InChI=1S/C20H29NO2/c1-7-23-16-10-8-15(9-11-16)13-21(6)19(22)18-17(12-14(2)3)20(18,4)5/h8-12,17-18H,7,13H2,1-6H3. The first kappa shape index (κ1) is 17.6. The fourth-order valence-electron chi connectivity index (χ4n) is 3.27. The third kappa shape index (κ3) is 3.95. The second-order valence-corrected chi connectivity index (χ2v) is 7.34. The van der Waals surface area contributed by atoms with Crippen molar-refractivity contribution in [3.63, 3.8) is 0 Å². The van der Waals surface area contributed by atoms with Gasteiger partial charge in [-0.1, -0.05) is 37.6 Å². The van der Waals surface area contributed by atoms with Gasteiger partial charge < -0.3 is 9.64 Å². The summed E-state index contributed by atoms with van der Waals surface area (Å²) in [7, 11) is 1.90. The number of carbonyl (C=O) groups is 1. The van der Waals surface area contributed by atoms with E-state index in [2.05, 4.69) is 33.8 Å². The van der Waals surface area contributed by atoms with Crippen LogP contribution in [-0.4, -0.2) is 24.5 Å². The van der Waals surface area contributed by atoms with Gasteiger partial charge in [0, 0.05) is 13.6 Å². The van der Waals surface area contributed by atoms with E-state index in [0.29, 0.717) is 19.1 Å². The van der Waals surface area contributed by atoms with Gasteiger partial charge in [0.1, 0.15) is 5.75 Å². The van der Waals surface area contributed by atoms with E-state index in [0.717, 1.165) is 11.3 Å². The Morgan fingerprint density at radius 1 is 1.26 bits per heavy atom. The number of rotatable bonds is 6. The summed E-state index contributed by atoms with van der Waals surface area (Å²) in [6.07, 6.45) is 2.24. The Balaban J connectivity index is 1.99. The van der Waals surface area contributed by atoms with Crippen LogP contribution >= 0.6 is 0 Å². The molecule has 1 aliphatic carbocycles. The van der Waals surface area contributed by atoms with Gasteiger partial charge in [-0.15, -0.1) is 0 Å². The molecule has 0 aliphatic heterocycles. The molecule has 1 aliphatic rings. The highest BCUT2D eigenvalue weighted by Crippen LogP contribution is 2.60. The maximum Gasteiger partial charge on any atom is 0.226 e. The number of allylic oxidation sites excluding steroid dienone is 2. The maximum absolute atomic E-state index is 12.8. The van der Waals surface area contributed by atoms with Gasteiger partial charge in [0.25, 0.3) is 0 Å². The molecule has 0 radical (unpaired) electrons. The van der Waals surface area contributed by atoms with E-state index in [1.807, 2.05) is 43.1 Å². The number of hydrogen-bond donors (Lipinski definition) is 0. The quantitative estimate of drug-likeness (QED) is 0.733. The summed E-state index contributed by atoms with van der Waals surface area (Å²) >= 11 is 0. The molecule has 0 saturated heterocycles. The number of carbonyl (C=O) groups excluding carboxylic acids is 1. The molecule has 1 fully saturated rings. The van der Waals surface area contributed by atoms with E-state index in [1.54, 1.807) is 0 Å². The van der Waals surface area contributed by atoms with E-state index >= 15 is 0 Å². The fraction of sp³-hybridized carbons (Fsp3) is 0.550. The van der Waals surface area contributed by atoms with Gasteiger partial charge in [-0.3, -0.25) is 4.79 Å². The van der Waals surface area contributed by atoms with Crippen molar-refractivity contribution in [2.24, 2.45) is 17.3 Å². The highest BCUT2D eigenvalue weighted by atomic mass is 16.5. The highest BCUT2D eigenvalue weighted by molar-refractivity contribution is 5.83. The van der Waals surface area contributed by atoms with Crippen LogP contribution in [0.1, 0.15) is 40.2 Å². The van der Waals surface area contributed by atoms with E-state index in [1.165, 1.54) is 5.57 Å². The lowest BCUT2D eigenvalue weighted by molar-refractivity contribution is -0.132. The summed E-state index contributed by atoms with van der Waals surface area (Å²) < 4.78 is 5.45. The highest BCUT2D eigenvalue weighted by Gasteiger charge is 2.60. The lowest BCUT2D eigenvalue weighted by Crippen LogP contribution is -2.29. The molecule has 2 rings (SSSR count). The first-order valence-corrected chi connectivity index (χ1v) is 8.39. The minimum Gasteiger partial charge on any atom is -0.494 e. The Hall–Kier alpha value is -1.77. The lowest BCUT2D eigenvalue weighted by atomic mass is 10.1. The third-order valence-electron chi connectivity index (χ3n) is 4.72. The molecule has 0 heterocycles. The third-order valence-corrected chi connectivity index (χ3v) is 4.72. The zero-order valence-electron chi connectivity index (χ0n) is 15.2. The van der Waals surface area contributed by atoms with Crippen LogP contribution in [0.3, 0.4) is 0 Å². The van der Waals surface area contributed by atoms with E-state index < -0.39 is 0 Å². The van der Waals surface area contributed by atoms with Crippen LogP contribution in [0.25, 0.3) is 0 Å². The largest absolute Gasteiger partial charge is 0.494 e. The van der Waals surface area contributed by atoms with Crippen LogP contribution in [-0.2, 0) is 11.3 Å². The van der Waals surface area contributed by atoms with Crippen molar-refractivity contribution in [3.05, 3.63) is 41.5 Å². The average Bonchev–Trinajstić information content (AvgIpc) is 3.00. The number of ether oxygens (including phenoxy) is 1. The van der Waals surface area contributed by atoms with Crippen LogP contribution in [0.15, 0.2) is 35.9 Å². The molecule has 3 nitrogen and oxygen atoms in total. The molecule has 0 aromatic heterocycles. The van der Waals surface area contributed by atoms with Gasteiger partial charge in [0.05, 0.1) is 12.5 Å². The number of benzene rings is 1. The van der Waals surface area contributed by atoms with Gasteiger partial charge in [0.2, 0.25) is 5.91 Å². The van der Waals surface area contributed by atoms with Crippen molar-refractivity contribution >= 4 is 5.91 Å². The number of nitrogens with zero attached hydrogens (tertiary/aromatic N) is 1. The molecule has 23 heavy (non-hydrogen) atoms. The molecule has 1 aromatic rings. The van der Waals surface area contributed by atoms with Gasteiger partial charge in [0.15, 0.2) is 0 Å². The Labute approximate surface area is 140 Å². The molecule has 1 amide bonds. The molecular formula is C20H29NO2. The van der Waals surface area contributed by atoms with Crippen molar-refractivity contribution in [1.82, 2.24) is 4.90 Å². The molecular weight excluding hydrogens is 286 g/mol. The van der Waals surface area contributed by atoms with Gasteiger partial charge in [-0.25, -0.2) is 0 Å². The van der Waals surface area contributed by atoms with Gasteiger partial charge >= 0.3 is 0 Å². The Bertz CT molecular complexity index is 582. The molecule has 0 spiro atoms. The van der Waals surface area contributed by atoms with Crippen LogP contribution in [0.4, 0.5) is 0 Å². The molecule has 1 aromatic carbocycles. The Morgan fingerprint density at radius 2 is 1.87 bits per heavy atom. The summed E-state index contributed by atoms with van der Waals surface area (Å²) in [6, 6.07) is 7.98. The predicted molar refractivity (Wildman–Crippen MR) is 94.3 cm³/mol. The zero-order valence-corrected chi connectivity index (χ0v) is 15.2. The van der Waals surface area contributed by atoms with E-state index in [-0.39, 0.29) is 17.2 Å². The van der Waals surface area contributed by atoms with Crippen molar-refractivity contribution in [2.45, 2.75) is 41.2 Å². The van der Waals surface area contributed by atoms with Gasteiger partial charge in [-0.2, -0.15) is 0 Å². The molecule has 2 unspecified atom stereocenters. The minimum atomic E-state index is 0.0709. The van der Waals surface area contributed by atoms with Gasteiger partial charge in [-0.05, 0) is 49.8 Å². The summed E-state index contributed by atoms with van der Waals surface area (Å²) in [5.74, 6) is 1.58. The van der Waals surface area contributed by atoms with Crippen LogP contribution in [0, 0.1) is 17.3 Å². The predicted octanol–water partition coefficient (Wildman–Crippen LogP) is 4.28. The first-order chi connectivity index (χ1) is 10.8. The van der Waals surface area contributed by atoms with Crippen molar-refractivity contribution in [3.8, 4) is 5.75 Å². The number of amides is 1. The van der Waals surface area contributed by atoms with Crippen molar-refractivity contribution in [1.29, 1.82) is 0 Å². The fourth-order valence-corrected chi connectivity index (χ4v) is 3.27. The molecule has 0 N–H and O–H groups in total. The summed E-state index contributed by atoms with van der Waals surface area (Å²) in [5, 5.41) is 0. The molecule has 3 heteroatoms. The monoisotopic (exact) mass is 315 g/mol. The normalized spacial score (nSPS) is 21.5. The Morgan fingerprint density at radius 3 is 2.39 bits per heavy atom. The van der Waals surface area contributed by atoms with E-state index in [9.17, 15) is 4.79 Å². The summed E-state index contributed by atoms with van der Waals surface area (Å²) in [6.45, 7) is 11.8. The summed E-state index contributed by atoms with van der Waals surface area (Å²) in [4.78, 5) is 14.6. The van der Waals surface area contributed by atoms with Crippen LogP contribution in [0.5, 0.6) is 5.75 Å². The van der Waals surface area contributed by atoms with Crippen molar-refractivity contribution in [2.75, 3.05) is 13.7 Å². The topological polar surface area (TPSA) is 29.5 Å². The average molecular weight is 315 g/mol. The number of hydrogen-bond acceptors (Lipinski definition) is 2. The molecule has 126 valence electrons. The minimum absolute atomic E-state index is 0.0709. The molecule has 2 atom stereocenters. The molecule has 0 bridgehead atoms. The second kappa shape index (κ2) is 6.77. The zero-order chi connectivity index (χ0) is 17.2. The van der Waals surface area contributed by atoms with Crippen LogP contribution < -0.4 is 4.74 Å².